The molecule has 3 rings (SSSR count). The lowest BCUT2D eigenvalue weighted by molar-refractivity contribution is 0.0657. The SMILES string of the molecule is Cc1[nH]ncc1CNC1CC(C)(C)Oc2ccccc21. The van der Waals surface area contributed by atoms with Gasteiger partial charge in [-0.05, 0) is 26.8 Å². The molecule has 106 valence electrons. The molecule has 2 aromatic rings. The normalized spacial score (nSPS) is 20.2. The van der Waals surface area contributed by atoms with Crippen LogP contribution in [0.1, 0.15) is 43.1 Å². The number of nitrogens with one attached hydrogen (secondary N) is 2. The van der Waals surface area contributed by atoms with Gasteiger partial charge in [0.05, 0.1) is 6.20 Å². The van der Waals surface area contributed by atoms with E-state index < -0.39 is 0 Å². The summed E-state index contributed by atoms with van der Waals surface area (Å²) in [6.07, 6.45) is 2.85. The first-order chi connectivity index (χ1) is 9.55. The number of aryl methyl sites for hydroxylation is 1. The van der Waals surface area contributed by atoms with Gasteiger partial charge in [-0.25, -0.2) is 0 Å². The molecule has 4 nitrogen and oxygen atoms in total. The smallest absolute Gasteiger partial charge is 0.124 e. The van der Waals surface area contributed by atoms with Crippen molar-refractivity contribution >= 4 is 0 Å². The van der Waals surface area contributed by atoms with E-state index in [1.165, 1.54) is 11.1 Å². The van der Waals surface area contributed by atoms with Crippen LogP contribution >= 0.6 is 0 Å². The Morgan fingerprint density at radius 2 is 2.20 bits per heavy atom. The van der Waals surface area contributed by atoms with E-state index in [1.54, 1.807) is 0 Å². The van der Waals surface area contributed by atoms with Gasteiger partial charge in [-0.15, -0.1) is 0 Å². The fraction of sp³-hybridized carbons (Fsp3) is 0.438. The van der Waals surface area contributed by atoms with Crippen molar-refractivity contribution in [1.82, 2.24) is 15.5 Å². The highest BCUT2D eigenvalue weighted by atomic mass is 16.5. The molecule has 2 N–H and O–H groups in total. The van der Waals surface area contributed by atoms with E-state index in [1.807, 2.05) is 25.3 Å². The summed E-state index contributed by atoms with van der Waals surface area (Å²) in [4.78, 5) is 0. The van der Waals surface area contributed by atoms with Gasteiger partial charge in [0, 0.05) is 35.8 Å². The quantitative estimate of drug-likeness (QED) is 0.902. The number of hydrogen-bond acceptors (Lipinski definition) is 3. The van der Waals surface area contributed by atoms with Gasteiger partial charge in [-0.1, -0.05) is 18.2 Å². The third-order valence-corrected chi connectivity index (χ3v) is 3.85. The third-order valence-electron chi connectivity index (χ3n) is 3.85. The van der Waals surface area contributed by atoms with Crippen LogP contribution in [-0.4, -0.2) is 15.8 Å². The molecule has 1 aliphatic heterocycles. The minimum Gasteiger partial charge on any atom is -0.487 e. The highest BCUT2D eigenvalue weighted by molar-refractivity contribution is 5.38. The largest absolute Gasteiger partial charge is 0.487 e. The first-order valence-electron chi connectivity index (χ1n) is 7.05. The summed E-state index contributed by atoms with van der Waals surface area (Å²) in [5, 5.41) is 10.7. The Labute approximate surface area is 119 Å². The molecule has 20 heavy (non-hydrogen) atoms. The Bertz CT molecular complexity index is 603. The Kier molecular flexibility index (Phi) is 3.26. The first kappa shape index (κ1) is 13.2. The number of ether oxygens (including phenoxy) is 1. The van der Waals surface area contributed by atoms with Crippen LogP contribution in [0, 0.1) is 6.92 Å². The van der Waals surface area contributed by atoms with E-state index in [-0.39, 0.29) is 5.60 Å². The monoisotopic (exact) mass is 271 g/mol. The number of hydrogen-bond donors (Lipinski definition) is 2. The van der Waals surface area contributed by atoms with Gasteiger partial charge in [0.15, 0.2) is 0 Å². The van der Waals surface area contributed by atoms with E-state index in [0.717, 1.165) is 24.4 Å². The second kappa shape index (κ2) is 4.94. The average Bonchev–Trinajstić information content (AvgIpc) is 2.80. The molecule has 4 heteroatoms. The zero-order valence-electron chi connectivity index (χ0n) is 12.2. The summed E-state index contributed by atoms with van der Waals surface area (Å²) in [6, 6.07) is 8.60. The molecule has 2 heterocycles. The van der Waals surface area contributed by atoms with Crippen molar-refractivity contribution in [1.29, 1.82) is 0 Å². The molecule has 0 spiro atoms. The van der Waals surface area contributed by atoms with Crippen LogP contribution in [0.3, 0.4) is 0 Å². The van der Waals surface area contributed by atoms with E-state index in [4.69, 9.17) is 4.74 Å². The lowest BCUT2D eigenvalue weighted by Crippen LogP contribution is -2.39. The number of nitrogens with zero attached hydrogens (tertiary/aromatic N) is 1. The number of benzene rings is 1. The molecule has 0 saturated carbocycles. The molecule has 0 radical (unpaired) electrons. The molecule has 1 aliphatic rings. The van der Waals surface area contributed by atoms with Gasteiger partial charge in [0.25, 0.3) is 0 Å². The van der Waals surface area contributed by atoms with Crippen molar-refractivity contribution in [3.63, 3.8) is 0 Å². The van der Waals surface area contributed by atoms with Crippen LogP contribution in [-0.2, 0) is 6.54 Å². The van der Waals surface area contributed by atoms with Crippen LogP contribution in [0.2, 0.25) is 0 Å². The fourth-order valence-corrected chi connectivity index (χ4v) is 2.77. The molecule has 0 saturated heterocycles. The zero-order valence-corrected chi connectivity index (χ0v) is 12.2. The van der Waals surface area contributed by atoms with E-state index in [2.05, 4.69) is 41.5 Å². The summed E-state index contributed by atoms with van der Waals surface area (Å²) in [6.45, 7) is 7.14. The van der Waals surface area contributed by atoms with Gasteiger partial charge >= 0.3 is 0 Å². The zero-order chi connectivity index (χ0) is 14.2. The molecule has 0 amide bonds. The Morgan fingerprint density at radius 3 is 2.95 bits per heavy atom. The summed E-state index contributed by atoms with van der Waals surface area (Å²) in [5.74, 6) is 0.991. The average molecular weight is 271 g/mol. The Hall–Kier alpha value is -1.81. The van der Waals surface area contributed by atoms with Crippen molar-refractivity contribution in [2.24, 2.45) is 0 Å². The van der Waals surface area contributed by atoms with Crippen LogP contribution in [0.25, 0.3) is 0 Å². The fourth-order valence-electron chi connectivity index (χ4n) is 2.77. The van der Waals surface area contributed by atoms with E-state index in [0.29, 0.717) is 6.04 Å². The lowest BCUT2D eigenvalue weighted by Gasteiger charge is -2.38. The molecular weight excluding hydrogens is 250 g/mol. The van der Waals surface area contributed by atoms with Crippen molar-refractivity contribution in [2.45, 2.75) is 45.4 Å². The van der Waals surface area contributed by atoms with Crippen molar-refractivity contribution in [2.75, 3.05) is 0 Å². The number of aromatic amines is 1. The number of para-hydroxylation sites is 1. The predicted molar refractivity (Wildman–Crippen MR) is 78.7 cm³/mol. The highest BCUT2D eigenvalue weighted by Crippen LogP contribution is 2.39. The van der Waals surface area contributed by atoms with E-state index >= 15 is 0 Å². The van der Waals surface area contributed by atoms with Gasteiger partial charge in [-0.2, -0.15) is 5.10 Å². The van der Waals surface area contributed by atoms with Crippen molar-refractivity contribution in [3.8, 4) is 5.75 Å². The highest BCUT2D eigenvalue weighted by Gasteiger charge is 2.33. The summed E-state index contributed by atoms with van der Waals surface area (Å²) in [5.41, 5.74) is 3.44. The minimum absolute atomic E-state index is 0.141. The molecule has 0 aliphatic carbocycles. The van der Waals surface area contributed by atoms with Crippen molar-refractivity contribution in [3.05, 3.63) is 47.3 Å². The maximum absolute atomic E-state index is 6.05. The predicted octanol–water partition coefficient (Wildman–Crippen LogP) is 3.11. The van der Waals surface area contributed by atoms with Gasteiger partial charge in [0.1, 0.15) is 11.4 Å². The standard InChI is InChI=1S/C16H21N3O/c1-11-12(10-18-19-11)9-17-14-8-16(2,3)20-15-7-5-4-6-13(14)15/h4-7,10,14,17H,8-9H2,1-3H3,(H,18,19). The van der Waals surface area contributed by atoms with E-state index in [9.17, 15) is 0 Å². The Balaban J connectivity index is 1.80. The molecule has 0 bridgehead atoms. The summed E-state index contributed by atoms with van der Waals surface area (Å²) >= 11 is 0. The topological polar surface area (TPSA) is 49.9 Å². The van der Waals surface area contributed by atoms with Crippen LogP contribution in [0.15, 0.2) is 30.5 Å². The lowest BCUT2D eigenvalue weighted by atomic mass is 9.89. The molecule has 1 atom stereocenters. The summed E-state index contributed by atoms with van der Waals surface area (Å²) < 4.78 is 6.05. The molecule has 1 unspecified atom stereocenters. The second-order valence-corrected chi connectivity index (χ2v) is 6.06. The Morgan fingerprint density at radius 1 is 1.40 bits per heavy atom. The maximum Gasteiger partial charge on any atom is 0.124 e. The number of H-pyrrole nitrogens is 1. The maximum atomic E-state index is 6.05. The molecule has 1 aromatic heterocycles. The number of aromatic nitrogens is 2. The van der Waals surface area contributed by atoms with Gasteiger partial charge < -0.3 is 10.1 Å². The van der Waals surface area contributed by atoms with Gasteiger partial charge in [-0.3, -0.25) is 5.10 Å². The van der Waals surface area contributed by atoms with Crippen LogP contribution in [0.5, 0.6) is 5.75 Å². The molecular formula is C16H21N3O. The van der Waals surface area contributed by atoms with Crippen LogP contribution < -0.4 is 10.1 Å². The second-order valence-electron chi connectivity index (χ2n) is 6.06. The minimum atomic E-state index is -0.141. The number of fused-ring (bicyclic) bond motifs is 1. The third kappa shape index (κ3) is 2.56. The number of rotatable bonds is 3. The summed E-state index contributed by atoms with van der Waals surface area (Å²) in [7, 11) is 0. The van der Waals surface area contributed by atoms with Crippen molar-refractivity contribution < 1.29 is 4.74 Å². The molecule has 0 fully saturated rings. The van der Waals surface area contributed by atoms with Gasteiger partial charge in [0.2, 0.25) is 0 Å². The first-order valence-corrected chi connectivity index (χ1v) is 7.05. The molecule has 1 aromatic carbocycles. The van der Waals surface area contributed by atoms with Crippen LogP contribution in [0.4, 0.5) is 0 Å².